The smallest absolute Gasteiger partial charge is 0.228 e. The van der Waals surface area contributed by atoms with Crippen LogP contribution in [-0.4, -0.2) is 12.1 Å². The maximum Gasteiger partial charge on any atom is 0.228 e. The fourth-order valence-electron chi connectivity index (χ4n) is 1.24. The average molecular weight is 273 g/mol. The number of nitrogens with zero attached hydrogens (tertiary/aromatic N) is 1. The van der Waals surface area contributed by atoms with Crippen LogP contribution >= 0.6 is 27.5 Å². The lowest BCUT2D eigenvalue weighted by Gasteiger charge is -2.04. The van der Waals surface area contributed by atoms with Crippen LogP contribution in [0.5, 0.6) is 5.88 Å². The Hall–Kier alpha value is -0.800. The van der Waals surface area contributed by atoms with Gasteiger partial charge in [-0.15, -0.1) is 0 Å². The van der Waals surface area contributed by atoms with Crippen LogP contribution in [0.15, 0.2) is 28.7 Å². The third-order valence-electron chi connectivity index (χ3n) is 1.89. The van der Waals surface area contributed by atoms with Crippen molar-refractivity contribution in [1.29, 1.82) is 0 Å². The third-order valence-corrected chi connectivity index (χ3v) is 2.70. The summed E-state index contributed by atoms with van der Waals surface area (Å²) in [5, 5.41) is 1.71. The van der Waals surface area contributed by atoms with Gasteiger partial charge in [0.1, 0.15) is 0 Å². The summed E-state index contributed by atoms with van der Waals surface area (Å²) in [6.07, 6.45) is 0. The molecule has 1 heterocycles. The van der Waals surface area contributed by atoms with Gasteiger partial charge in [-0.3, -0.25) is 0 Å². The van der Waals surface area contributed by atoms with Gasteiger partial charge < -0.3 is 4.74 Å². The van der Waals surface area contributed by atoms with Gasteiger partial charge >= 0.3 is 0 Å². The van der Waals surface area contributed by atoms with Gasteiger partial charge in [0.25, 0.3) is 0 Å². The Balaban J connectivity index is 2.73. The summed E-state index contributed by atoms with van der Waals surface area (Å²) in [6, 6.07) is 7.53. The van der Waals surface area contributed by atoms with Crippen molar-refractivity contribution in [2.24, 2.45) is 0 Å². The molecule has 0 N–H and O–H groups in total. The first-order valence-electron chi connectivity index (χ1n) is 4.00. The van der Waals surface area contributed by atoms with Crippen LogP contribution in [0.1, 0.15) is 0 Å². The number of methoxy groups -OCH3 is 1. The normalized spacial score (nSPS) is 10.5. The minimum absolute atomic E-state index is 0.569. The zero-order valence-corrected chi connectivity index (χ0v) is 9.76. The lowest BCUT2D eigenvalue weighted by molar-refractivity contribution is 0.397. The van der Waals surface area contributed by atoms with Crippen LogP contribution in [0.4, 0.5) is 0 Å². The zero-order chi connectivity index (χ0) is 10.1. The van der Waals surface area contributed by atoms with Gasteiger partial charge in [0.05, 0.1) is 17.1 Å². The molecule has 0 saturated carbocycles. The van der Waals surface area contributed by atoms with E-state index in [1.54, 1.807) is 7.11 Å². The van der Waals surface area contributed by atoms with E-state index in [0.717, 1.165) is 15.4 Å². The molecule has 0 radical (unpaired) electrons. The monoisotopic (exact) mass is 271 g/mol. The van der Waals surface area contributed by atoms with E-state index in [4.69, 9.17) is 16.3 Å². The molecule has 0 aliphatic rings. The van der Waals surface area contributed by atoms with E-state index in [2.05, 4.69) is 20.9 Å². The first-order valence-corrected chi connectivity index (χ1v) is 5.17. The summed E-state index contributed by atoms with van der Waals surface area (Å²) in [5.74, 6) is 0.569. The van der Waals surface area contributed by atoms with Gasteiger partial charge in [-0.2, -0.15) is 0 Å². The van der Waals surface area contributed by atoms with Crippen LogP contribution in [0.2, 0.25) is 5.02 Å². The molecule has 0 aliphatic heterocycles. The van der Waals surface area contributed by atoms with E-state index in [1.165, 1.54) is 0 Å². The van der Waals surface area contributed by atoms with Crippen molar-refractivity contribution in [3.05, 3.63) is 33.8 Å². The quantitative estimate of drug-likeness (QED) is 0.790. The van der Waals surface area contributed by atoms with E-state index < -0.39 is 0 Å². The third kappa shape index (κ3) is 1.70. The van der Waals surface area contributed by atoms with Crippen molar-refractivity contribution >= 4 is 38.4 Å². The molecule has 0 atom stereocenters. The average Bonchev–Trinajstić information content (AvgIpc) is 2.17. The molecule has 2 nitrogen and oxygen atoms in total. The summed E-state index contributed by atoms with van der Waals surface area (Å²) in [5.41, 5.74) is 0.831. The number of hydrogen-bond acceptors (Lipinski definition) is 2. The Bertz CT molecular complexity index is 487. The van der Waals surface area contributed by atoms with Crippen molar-refractivity contribution in [3.8, 4) is 5.88 Å². The highest BCUT2D eigenvalue weighted by atomic mass is 79.9. The fourth-order valence-corrected chi connectivity index (χ4v) is 1.90. The van der Waals surface area contributed by atoms with Crippen molar-refractivity contribution in [1.82, 2.24) is 4.98 Å². The predicted molar refractivity (Wildman–Crippen MR) is 61.0 cm³/mol. The zero-order valence-electron chi connectivity index (χ0n) is 7.42. The van der Waals surface area contributed by atoms with Crippen LogP contribution in [0, 0.1) is 0 Å². The Labute approximate surface area is 95.0 Å². The highest BCUT2D eigenvalue weighted by Crippen LogP contribution is 2.28. The molecule has 0 spiro atoms. The largest absolute Gasteiger partial charge is 0.480 e. The molecule has 1 aromatic heterocycles. The Morgan fingerprint density at radius 3 is 2.86 bits per heavy atom. The second-order valence-electron chi connectivity index (χ2n) is 2.82. The second kappa shape index (κ2) is 3.75. The Morgan fingerprint density at radius 2 is 2.14 bits per heavy atom. The van der Waals surface area contributed by atoms with Gasteiger partial charge in [0.15, 0.2) is 0 Å². The molecule has 0 saturated heterocycles. The SMILES string of the molecule is COc1nc2cc(Cl)ccc2cc1Br. The summed E-state index contributed by atoms with van der Waals surface area (Å²) in [7, 11) is 1.59. The summed E-state index contributed by atoms with van der Waals surface area (Å²) >= 11 is 9.24. The van der Waals surface area contributed by atoms with E-state index in [9.17, 15) is 0 Å². The number of aromatic nitrogens is 1. The molecule has 0 fully saturated rings. The number of ether oxygens (including phenoxy) is 1. The van der Waals surface area contributed by atoms with E-state index in [-0.39, 0.29) is 0 Å². The molecular weight excluding hydrogens is 265 g/mol. The molecule has 0 aliphatic carbocycles. The molecule has 14 heavy (non-hydrogen) atoms. The van der Waals surface area contributed by atoms with Crippen molar-refractivity contribution in [2.75, 3.05) is 7.11 Å². The molecule has 1 aromatic carbocycles. The predicted octanol–water partition coefficient (Wildman–Crippen LogP) is 3.66. The van der Waals surface area contributed by atoms with Crippen LogP contribution < -0.4 is 4.74 Å². The van der Waals surface area contributed by atoms with Crippen LogP contribution in [-0.2, 0) is 0 Å². The van der Waals surface area contributed by atoms with Crippen molar-refractivity contribution in [3.63, 3.8) is 0 Å². The molecular formula is C10H7BrClNO. The van der Waals surface area contributed by atoms with Crippen molar-refractivity contribution in [2.45, 2.75) is 0 Å². The molecule has 72 valence electrons. The maximum atomic E-state index is 5.86. The number of hydrogen-bond donors (Lipinski definition) is 0. The Kier molecular flexibility index (Phi) is 2.61. The highest BCUT2D eigenvalue weighted by molar-refractivity contribution is 9.10. The lowest BCUT2D eigenvalue weighted by atomic mass is 10.2. The number of fused-ring (bicyclic) bond motifs is 1. The van der Waals surface area contributed by atoms with E-state index in [0.29, 0.717) is 10.9 Å². The van der Waals surface area contributed by atoms with E-state index in [1.807, 2.05) is 24.3 Å². The topological polar surface area (TPSA) is 22.1 Å². The number of rotatable bonds is 1. The molecule has 0 amide bonds. The minimum atomic E-state index is 0.569. The first kappa shape index (κ1) is 9.74. The van der Waals surface area contributed by atoms with Gasteiger partial charge in [-0.1, -0.05) is 17.7 Å². The number of pyridine rings is 1. The molecule has 4 heteroatoms. The van der Waals surface area contributed by atoms with Gasteiger partial charge in [-0.25, -0.2) is 4.98 Å². The number of benzene rings is 1. The van der Waals surface area contributed by atoms with Crippen LogP contribution in [0.25, 0.3) is 10.9 Å². The van der Waals surface area contributed by atoms with Crippen molar-refractivity contribution < 1.29 is 4.74 Å². The van der Waals surface area contributed by atoms with Gasteiger partial charge in [0, 0.05) is 10.4 Å². The summed E-state index contributed by atoms with van der Waals surface area (Å²) < 4.78 is 5.93. The molecule has 0 bridgehead atoms. The Morgan fingerprint density at radius 1 is 1.36 bits per heavy atom. The standard InChI is InChI=1S/C10H7BrClNO/c1-14-10-8(11)4-6-2-3-7(12)5-9(6)13-10/h2-5H,1H3. The molecule has 0 unspecified atom stereocenters. The second-order valence-corrected chi connectivity index (χ2v) is 4.11. The van der Waals surface area contributed by atoms with Crippen LogP contribution in [0.3, 0.4) is 0 Å². The minimum Gasteiger partial charge on any atom is -0.480 e. The lowest BCUT2D eigenvalue weighted by Crippen LogP contribution is -1.89. The molecule has 2 rings (SSSR count). The first-order chi connectivity index (χ1) is 6.70. The van der Waals surface area contributed by atoms with Gasteiger partial charge in [-0.05, 0) is 34.1 Å². The van der Waals surface area contributed by atoms with E-state index >= 15 is 0 Å². The maximum absolute atomic E-state index is 5.86. The van der Waals surface area contributed by atoms with Gasteiger partial charge in [0.2, 0.25) is 5.88 Å². The summed E-state index contributed by atoms with van der Waals surface area (Å²) in [6.45, 7) is 0. The molecule has 2 aromatic rings. The summed E-state index contributed by atoms with van der Waals surface area (Å²) in [4.78, 5) is 4.30. The highest BCUT2D eigenvalue weighted by Gasteiger charge is 2.04. The fraction of sp³-hybridized carbons (Fsp3) is 0.100. The number of halogens is 2.